The van der Waals surface area contributed by atoms with E-state index in [4.69, 9.17) is 5.73 Å². The van der Waals surface area contributed by atoms with Crippen molar-refractivity contribution in [2.75, 3.05) is 0 Å². The Morgan fingerprint density at radius 1 is 1.30 bits per heavy atom. The molecule has 4 atom stereocenters. The van der Waals surface area contributed by atoms with E-state index in [2.05, 4.69) is 5.32 Å². The molecule has 0 saturated carbocycles. The molecule has 0 fully saturated rings. The van der Waals surface area contributed by atoms with Crippen LogP contribution in [0.4, 0.5) is 0 Å². The van der Waals surface area contributed by atoms with Crippen molar-refractivity contribution in [3.8, 4) is 0 Å². The Kier molecular flexibility index (Phi) is 6.68. The number of hydrogen-bond donors (Lipinski definition) is 3. The van der Waals surface area contributed by atoms with E-state index in [9.17, 15) is 9.90 Å². The maximum absolute atomic E-state index is 12.0. The highest BCUT2D eigenvalue weighted by molar-refractivity contribution is 5.82. The largest absolute Gasteiger partial charge is 0.391 e. The summed E-state index contributed by atoms with van der Waals surface area (Å²) in [6.07, 6.45) is 0.751. The van der Waals surface area contributed by atoms with Gasteiger partial charge in [-0.1, -0.05) is 50.6 Å². The zero-order valence-corrected chi connectivity index (χ0v) is 12.5. The van der Waals surface area contributed by atoms with Crippen LogP contribution in [0.3, 0.4) is 0 Å². The van der Waals surface area contributed by atoms with Gasteiger partial charge in [-0.25, -0.2) is 0 Å². The first kappa shape index (κ1) is 16.7. The molecule has 1 aromatic rings. The topological polar surface area (TPSA) is 75.4 Å². The molecule has 0 heterocycles. The van der Waals surface area contributed by atoms with Crippen LogP contribution in [0.1, 0.15) is 32.8 Å². The molecule has 20 heavy (non-hydrogen) atoms. The van der Waals surface area contributed by atoms with Crippen LogP contribution >= 0.6 is 0 Å². The lowest BCUT2D eigenvalue weighted by atomic mass is 9.98. The van der Waals surface area contributed by atoms with Crippen molar-refractivity contribution in [1.29, 1.82) is 0 Å². The Labute approximate surface area is 121 Å². The Morgan fingerprint density at radius 3 is 2.45 bits per heavy atom. The first-order valence-electron chi connectivity index (χ1n) is 7.23. The van der Waals surface area contributed by atoms with E-state index in [0.29, 0.717) is 6.42 Å². The molecule has 1 aromatic carbocycles. The Balaban J connectivity index is 2.49. The van der Waals surface area contributed by atoms with E-state index < -0.39 is 12.1 Å². The van der Waals surface area contributed by atoms with Gasteiger partial charge in [-0.3, -0.25) is 4.79 Å². The number of carbonyl (C=O) groups excluding carboxylic acids is 1. The van der Waals surface area contributed by atoms with Gasteiger partial charge in [-0.15, -0.1) is 0 Å². The molecule has 0 saturated heterocycles. The quantitative estimate of drug-likeness (QED) is 0.707. The summed E-state index contributed by atoms with van der Waals surface area (Å²) in [6.45, 7) is 5.76. The molecule has 0 aliphatic rings. The minimum absolute atomic E-state index is 0.133. The number of aliphatic hydroxyl groups is 1. The first-order valence-corrected chi connectivity index (χ1v) is 7.23. The van der Waals surface area contributed by atoms with Crippen LogP contribution in [-0.2, 0) is 11.2 Å². The van der Waals surface area contributed by atoms with E-state index in [1.54, 1.807) is 6.92 Å². The molecule has 4 unspecified atom stereocenters. The van der Waals surface area contributed by atoms with Gasteiger partial charge < -0.3 is 16.2 Å². The van der Waals surface area contributed by atoms with E-state index in [1.165, 1.54) is 0 Å². The van der Waals surface area contributed by atoms with E-state index in [0.717, 1.165) is 12.0 Å². The zero-order valence-electron chi connectivity index (χ0n) is 12.5. The Hall–Kier alpha value is -1.39. The number of nitrogens with one attached hydrogen (secondary N) is 1. The Morgan fingerprint density at radius 2 is 1.90 bits per heavy atom. The minimum Gasteiger partial charge on any atom is -0.391 e. The van der Waals surface area contributed by atoms with Gasteiger partial charge in [0.25, 0.3) is 0 Å². The summed E-state index contributed by atoms with van der Waals surface area (Å²) in [7, 11) is 0. The third kappa shape index (κ3) is 4.94. The summed E-state index contributed by atoms with van der Waals surface area (Å²) < 4.78 is 0. The minimum atomic E-state index is -0.620. The van der Waals surface area contributed by atoms with Gasteiger partial charge in [0.05, 0.1) is 18.2 Å². The fourth-order valence-corrected chi connectivity index (χ4v) is 1.96. The van der Waals surface area contributed by atoms with Gasteiger partial charge in [0.2, 0.25) is 5.91 Å². The summed E-state index contributed by atoms with van der Waals surface area (Å²) in [5.41, 5.74) is 6.93. The molecular weight excluding hydrogens is 252 g/mol. The molecule has 1 rings (SSSR count). The highest BCUT2D eigenvalue weighted by atomic mass is 16.3. The molecule has 4 nitrogen and oxygen atoms in total. The third-order valence-corrected chi connectivity index (χ3v) is 3.79. The molecule has 0 spiro atoms. The lowest BCUT2D eigenvalue weighted by molar-refractivity contribution is -0.124. The average Bonchev–Trinajstić information content (AvgIpc) is 2.46. The average molecular weight is 278 g/mol. The second-order valence-corrected chi connectivity index (χ2v) is 5.47. The van der Waals surface area contributed by atoms with E-state index in [1.807, 2.05) is 44.2 Å². The van der Waals surface area contributed by atoms with Crippen molar-refractivity contribution >= 4 is 5.91 Å². The van der Waals surface area contributed by atoms with Crippen LogP contribution in [0.15, 0.2) is 30.3 Å². The fraction of sp³-hybridized carbons (Fsp3) is 0.562. The van der Waals surface area contributed by atoms with Crippen molar-refractivity contribution in [3.05, 3.63) is 35.9 Å². The summed E-state index contributed by atoms with van der Waals surface area (Å²) >= 11 is 0. The first-order chi connectivity index (χ1) is 9.45. The maximum Gasteiger partial charge on any atom is 0.237 e. The number of amides is 1. The van der Waals surface area contributed by atoms with Gasteiger partial charge in [-0.2, -0.15) is 0 Å². The molecular formula is C16H26N2O2. The molecule has 112 valence electrons. The molecule has 0 bridgehead atoms. The second-order valence-electron chi connectivity index (χ2n) is 5.47. The summed E-state index contributed by atoms with van der Waals surface area (Å²) in [5, 5.41) is 12.9. The highest BCUT2D eigenvalue weighted by Crippen LogP contribution is 2.08. The van der Waals surface area contributed by atoms with Crippen molar-refractivity contribution in [3.63, 3.8) is 0 Å². The normalized spacial score (nSPS) is 17.1. The van der Waals surface area contributed by atoms with Crippen LogP contribution in [0.5, 0.6) is 0 Å². The van der Waals surface area contributed by atoms with Gasteiger partial charge in [0.15, 0.2) is 0 Å². The SMILES string of the molecule is CCC(C)C(N)C(=O)NC(C)C(O)Cc1ccccc1. The zero-order chi connectivity index (χ0) is 15.1. The molecule has 0 aromatic heterocycles. The predicted octanol–water partition coefficient (Wildman–Crippen LogP) is 1.47. The molecule has 0 aliphatic carbocycles. The summed E-state index contributed by atoms with van der Waals surface area (Å²) in [6, 6.07) is 8.88. The number of rotatable bonds is 7. The molecule has 4 heteroatoms. The standard InChI is InChI=1S/C16H26N2O2/c1-4-11(2)15(17)16(20)18-12(3)14(19)10-13-8-6-5-7-9-13/h5-9,11-12,14-15,19H,4,10,17H2,1-3H3,(H,18,20). The number of nitrogens with two attached hydrogens (primary N) is 1. The molecule has 1 amide bonds. The third-order valence-electron chi connectivity index (χ3n) is 3.79. The lowest BCUT2D eigenvalue weighted by Crippen LogP contribution is -2.51. The predicted molar refractivity (Wildman–Crippen MR) is 81.2 cm³/mol. The van der Waals surface area contributed by atoms with Crippen LogP contribution in [-0.4, -0.2) is 29.2 Å². The van der Waals surface area contributed by atoms with Gasteiger partial charge in [0, 0.05) is 6.42 Å². The fourth-order valence-electron chi connectivity index (χ4n) is 1.96. The number of hydrogen-bond acceptors (Lipinski definition) is 3. The van der Waals surface area contributed by atoms with Crippen molar-refractivity contribution in [1.82, 2.24) is 5.32 Å². The van der Waals surface area contributed by atoms with Crippen LogP contribution in [0.25, 0.3) is 0 Å². The van der Waals surface area contributed by atoms with Crippen molar-refractivity contribution < 1.29 is 9.90 Å². The highest BCUT2D eigenvalue weighted by Gasteiger charge is 2.23. The summed E-state index contributed by atoms with van der Waals surface area (Å²) in [5.74, 6) is -0.0626. The van der Waals surface area contributed by atoms with Crippen molar-refractivity contribution in [2.24, 2.45) is 11.7 Å². The molecule has 4 N–H and O–H groups in total. The number of aliphatic hydroxyl groups excluding tert-OH is 1. The van der Waals surface area contributed by atoms with Crippen molar-refractivity contribution in [2.45, 2.75) is 51.8 Å². The number of benzene rings is 1. The smallest absolute Gasteiger partial charge is 0.237 e. The maximum atomic E-state index is 12.0. The lowest BCUT2D eigenvalue weighted by Gasteiger charge is -2.24. The second kappa shape index (κ2) is 8.02. The number of carbonyl (C=O) groups is 1. The van der Waals surface area contributed by atoms with Crippen LogP contribution in [0, 0.1) is 5.92 Å². The van der Waals surface area contributed by atoms with Crippen LogP contribution in [0.2, 0.25) is 0 Å². The Bertz CT molecular complexity index is 408. The van der Waals surface area contributed by atoms with Crippen LogP contribution < -0.4 is 11.1 Å². The molecule has 0 aliphatic heterocycles. The van der Waals surface area contributed by atoms with E-state index >= 15 is 0 Å². The monoisotopic (exact) mass is 278 g/mol. The molecule has 0 radical (unpaired) electrons. The van der Waals surface area contributed by atoms with Gasteiger partial charge in [0.1, 0.15) is 0 Å². The van der Waals surface area contributed by atoms with Gasteiger partial charge >= 0.3 is 0 Å². The summed E-state index contributed by atoms with van der Waals surface area (Å²) in [4.78, 5) is 12.0. The van der Waals surface area contributed by atoms with E-state index in [-0.39, 0.29) is 17.9 Å². The van der Waals surface area contributed by atoms with Gasteiger partial charge in [-0.05, 0) is 18.4 Å².